The van der Waals surface area contributed by atoms with Gasteiger partial charge in [-0.25, -0.2) is 5.43 Å². The lowest BCUT2D eigenvalue weighted by Crippen LogP contribution is -2.37. The molecule has 3 rings (SSSR count). The van der Waals surface area contributed by atoms with Crippen molar-refractivity contribution in [1.29, 1.82) is 0 Å². The Morgan fingerprint density at radius 3 is 2.16 bits per heavy atom. The first kappa shape index (κ1) is 22.5. The number of benzene rings is 3. The molecule has 0 saturated heterocycles. The minimum Gasteiger partial charge on any atom is -0.496 e. The number of methoxy groups -OCH3 is 1. The van der Waals surface area contributed by atoms with Crippen molar-refractivity contribution in [2.75, 3.05) is 13.7 Å². The number of hydrazone groups is 1. The molecule has 0 unspecified atom stereocenters. The maximum Gasteiger partial charge on any atom is 0.259 e. The summed E-state index contributed by atoms with van der Waals surface area (Å²) in [5, 5.41) is 6.67. The normalized spacial score (nSPS) is 10.8. The van der Waals surface area contributed by atoms with Crippen molar-refractivity contribution in [3.8, 4) is 5.75 Å². The second-order valence-corrected chi connectivity index (χ2v) is 7.82. The summed E-state index contributed by atoms with van der Waals surface area (Å²) in [5.41, 5.74) is 4.98. The molecule has 0 aliphatic rings. The number of rotatable bonds is 8. The van der Waals surface area contributed by atoms with E-state index in [1.165, 1.54) is 6.21 Å². The van der Waals surface area contributed by atoms with Crippen LogP contribution in [0.5, 0.6) is 5.75 Å². The average Bonchev–Trinajstić information content (AvgIpc) is 2.79. The van der Waals surface area contributed by atoms with Gasteiger partial charge in [-0.15, -0.1) is 0 Å². The van der Waals surface area contributed by atoms with Crippen LogP contribution in [0.4, 0.5) is 0 Å². The van der Waals surface area contributed by atoms with Gasteiger partial charge in [0.2, 0.25) is 5.91 Å². The Morgan fingerprint density at radius 2 is 1.61 bits per heavy atom. The van der Waals surface area contributed by atoms with Gasteiger partial charge < -0.3 is 10.1 Å². The minimum absolute atomic E-state index is 0.174. The molecular formula is C24H22IN3O3. The van der Waals surface area contributed by atoms with Crippen LogP contribution in [0.2, 0.25) is 0 Å². The lowest BCUT2D eigenvalue weighted by molar-refractivity contribution is -0.126. The molecular weight excluding hydrogens is 505 g/mol. The number of hydrogen-bond donors (Lipinski definition) is 2. The number of ether oxygens (including phenoxy) is 1. The third-order valence-electron chi connectivity index (χ3n) is 4.53. The van der Waals surface area contributed by atoms with Gasteiger partial charge in [0.15, 0.2) is 0 Å². The number of nitrogens with one attached hydrogen (secondary N) is 2. The fourth-order valence-electron chi connectivity index (χ4n) is 3.04. The zero-order valence-corrected chi connectivity index (χ0v) is 19.1. The van der Waals surface area contributed by atoms with Crippen molar-refractivity contribution in [1.82, 2.24) is 10.7 Å². The molecule has 158 valence electrons. The largest absolute Gasteiger partial charge is 0.496 e. The minimum atomic E-state index is -0.500. The van der Waals surface area contributed by atoms with E-state index in [1.807, 2.05) is 78.9 Å². The summed E-state index contributed by atoms with van der Waals surface area (Å²) in [6, 6.07) is 24.5. The summed E-state index contributed by atoms with van der Waals surface area (Å²) < 4.78 is 6.16. The topological polar surface area (TPSA) is 79.8 Å². The molecule has 3 aromatic rings. The van der Waals surface area contributed by atoms with Crippen LogP contribution in [-0.4, -0.2) is 31.7 Å². The molecule has 2 amide bonds. The molecule has 0 saturated carbocycles. The summed E-state index contributed by atoms with van der Waals surface area (Å²) >= 11 is 2.17. The number of hydrogen-bond acceptors (Lipinski definition) is 4. The van der Waals surface area contributed by atoms with Gasteiger partial charge in [-0.1, -0.05) is 60.7 Å². The Balaban J connectivity index is 1.59. The highest BCUT2D eigenvalue weighted by Crippen LogP contribution is 2.24. The van der Waals surface area contributed by atoms with Crippen molar-refractivity contribution < 1.29 is 14.3 Å². The Labute approximate surface area is 194 Å². The number of halogens is 1. The maximum atomic E-state index is 12.9. The van der Waals surface area contributed by atoms with Crippen LogP contribution in [0.25, 0.3) is 0 Å². The van der Waals surface area contributed by atoms with Gasteiger partial charge in [-0.05, 0) is 57.5 Å². The Bertz CT molecular complexity index is 1020. The molecule has 0 bridgehead atoms. The number of nitrogens with zero attached hydrogens (tertiary/aromatic N) is 1. The van der Waals surface area contributed by atoms with Gasteiger partial charge >= 0.3 is 0 Å². The van der Waals surface area contributed by atoms with Gasteiger partial charge in [0.05, 0.1) is 29.4 Å². The van der Waals surface area contributed by atoms with E-state index >= 15 is 0 Å². The van der Waals surface area contributed by atoms with Gasteiger partial charge in [-0.3, -0.25) is 9.59 Å². The third kappa shape index (κ3) is 6.39. The van der Waals surface area contributed by atoms with Gasteiger partial charge in [-0.2, -0.15) is 5.10 Å². The molecule has 0 radical (unpaired) electrons. The van der Waals surface area contributed by atoms with E-state index in [2.05, 4.69) is 38.4 Å². The Morgan fingerprint density at radius 1 is 1.00 bits per heavy atom. The van der Waals surface area contributed by atoms with E-state index in [0.717, 1.165) is 26.0 Å². The molecule has 3 aromatic carbocycles. The van der Waals surface area contributed by atoms with Crippen molar-refractivity contribution in [2.45, 2.75) is 5.92 Å². The van der Waals surface area contributed by atoms with Crippen LogP contribution >= 0.6 is 22.6 Å². The summed E-state index contributed by atoms with van der Waals surface area (Å²) in [6.45, 7) is -0.174. The molecule has 0 atom stereocenters. The standard InChI is InChI=1S/C24H22IN3O3/c1-31-21-13-12-17(14-20(21)25)15-27-28-22(29)16-26-24(30)23(18-8-4-2-5-9-18)19-10-6-3-7-11-19/h2-15,23H,16H2,1H3,(H,26,30)(H,28,29)/b27-15+. The van der Waals surface area contributed by atoms with E-state index < -0.39 is 11.8 Å². The quantitative estimate of drug-likeness (QED) is 0.267. The first-order chi connectivity index (χ1) is 15.1. The van der Waals surface area contributed by atoms with Crippen molar-refractivity contribution >= 4 is 40.6 Å². The van der Waals surface area contributed by atoms with E-state index in [9.17, 15) is 9.59 Å². The highest BCUT2D eigenvalue weighted by Gasteiger charge is 2.22. The van der Waals surface area contributed by atoms with Crippen LogP contribution in [0.3, 0.4) is 0 Å². The van der Waals surface area contributed by atoms with Crippen LogP contribution in [-0.2, 0) is 9.59 Å². The Hall–Kier alpha value is -3.20. The number of amides is 2. The summed E-state index contributed by atoms with van der Waals surface area (Å²) in [5.74, 6) is -0.384. The summed E-state index contributed by atoms with van der Waals surface area (Å²) in [6.07, 6.45) is 1.54. The van der Waals surface area contributed by atoms with Gasteiger partial charge in [0, 0.05) is 0 Å². The smallest absolute Gasteiger partial charge is 0.259 e. The first-order valence-corrected chi connectivity index (χ1v) is 10.7. The van der Waals surface area contributed by atoms with Gasteiger partial charge in [0.25, 0.3) is 5.91 Å². The molecule has 0 aliphatic heterocycles. The molecule has 0 spiro atoms. The third-order valence-corrected chi connectivity index (χ3v) is 5.37. The summed E-state index contributed by atoms with van der Waals surface area (Å²) in [4.78, 5) is 25.0. The van der Waals surface area contributed by atoms with Crippen molar-refractivity contribution in [2.24, 2.45) is 5.10 Å². The highest BCUT2D eigenvalue weighted by atomic mass is 127. The zero-order chi connectivity index (χ0) is 22.1. The fourth-order valence-corrected chi connectivity index (χ4v) is 3.80. The van der Waals surface area contributed by atoms with Crippen LogP contribution in [0.1, 0.15) is 22.6 Å². The van der Waals surface area contributed by atoms with E-state index in [1.54, 1.807) is 7.11 Å². The van der Waals surface area contributed by atoms with E-state index in [0.29, 0.717) is 0 Å². The van der Waals surface area contributed by atoms with Crippen LogP contribution in [0, 0.1) is 3.57 Å². The summed E-state index contributed by atoms with van der Waals surface area (Å²) in [7, 11) is 1.61. The molecule has 0 aromatic heterocycles. The zero-order valence-electron chi connectivity index (χ0n) is 16.9. The molecule has 7 heteroatoms. The number of carbonyl (C=O) groups excluding carboxylic acids is 2. The molecule has 0 heterocycles. The van der Waals surface area contributed by atoms with E-state index in [-0.39, 0.29) is 12.5 Å². The average molecular weight is 527 g/mol. The molecule has 0 aliphatic carbocycles. The lowest BCUT2D eigenvalue weighted by atomic mass is 9.90. The van der Waals surface area contributed by atoms with Gasteiger partial charge in [0.1, 0.15) is 5.75 Å². The predicted octanol–water partition coefficient (Wildman–Crippen LogP) is 3.70. The predicted molar refractivity (Wildman–Crippen MR) is 129 cm³/mol. The Kier molecular flexibility index (Phi) is 8.17. The van der Waals surface area contributed by atoms with Crippen molar-refractivity contribution in [3.63, 3.8) is 0 Å². The van der Waals surface area contributed by atoms with Crippen LogP contribution < -0.4 is 15.5 Å². The first-order valence-electron chi connectivity index (χ1n) is 9.61. The van der Waals surface area contributed by atoms with E-state index in [4.69, 9.17) is 4.74 Å². The second-order valence-electron chi connectivity index (χ2n) is 6.66. The number of carbonyl (C=O) groups is 2. The molecule has 31 heavy (non-hydrogen) atoms. The molecule has 2 N–H and O–H groups in total. The molecule has 6 nitrogen and oxygen atoms in total. The fraction of sp³-hybridized carbons (Fsp3) is 0.125. The SMILES string of the molecule is COc1ccc(/C=N/NC(=O)CNC(=O)C(c2ccccc2)c2ccccc2)cc1I. The highest BCUT2D eigenvalue weighted by molar-refractivity contribution is 14.1. The maximum absolute atomic E-state index is 12.9. The molecule has 0 fully saturated rings. The van der Waals surface area contributed by atoms with Crippen molar-refractivity contribution in [3.05, 3.63) is 99.1 Å². The second kappa shape index (κ2) is 11.3. The monoisotopic (exact) mass is 527 g/mol. The lowest BCUT2D eigenvalue weighted by Gasteiger charge is -2.17. The van der Waals surface area contributed by atoms with Crippen LogP contribution in [0.15, 0.2) is 84.0 Å².